The molecule has 0 heterocycles. The summed E-state index contributed by atoms with van der Waals surface area (Å²) < 4.78 is 64.6. The lowest BCUT2D eigenvalue weighted by Crippen LogP contribution is -2.18. The minimum Gasteiger partial charge on any atom is -0.406 e. The molecule has 0 spiro atoms. The molecular weight excluding hydrogens is 307 g/mol. The van der Waals surface area contributed by atoms with Crippen LogP contribution in [0, 0.1) is 0 Å². The molecule has 0 radical (unpaired) electrons. The number of hydrogen-bond acceptors (Lipinski definition) is 3. The van der Waals surface area contributed by atoms with Gasteiger partial charge in [-0.25, -0.2) is 8.42 Å². The number of ether oxygens (including phenoxy) is 1. The quantitative estimate of drug-likeness (QED) is 0.821. The molecule has 108 valence electrons. The van der Waals surface area contributed by atoms with E-state index in [-0.39, 0.29) is 23.7 Å². The minimum absolute atomic E-state index is 0.155. The van der Waals surface area contributed by atoms with Gasteiger partial charge in [0.2, 0.25) is 10.0 Å². The van der Waals surface area contributed by atoms with E-state index in [0.29, 0.717) is 0 Å². The smallest absolute Gasteiger partial charge is 0.406 e. The summed E-state index contributed by atoms with van der Waals surface area (Å²) in [6.45, 7) is 0. The van der Waals surface area contributed by atoms with Crippen molar-refractivity contribution in [3.05, 3.63) is 24.3 Å². The van der Waals surface area contributed by atoms with Crippen molar-refractivity contribution in [1.82, 2.24) is 0 Å². The van der Waals surface area contributed by atoms with Crippen molar-refractivity contribution in [2.45, 2.75) is 12.8 Å². The van der Waals surface area contributed by atoms with Gasteiger partial charge in [-0.2, -0.15) is 0 Å². The van der Waals surface area contributed by atoms with Crippen molar-refractivity contribution in [1.29, 1.82) is 0 Å². The predicted molar refractivity (Wildman–Crippen MR) is 65.9 cm³/mol. The highest BCUT2D eigenvalue weighted by atomic mass is 35.5. The molecule has 4 nitrogen and oxygen atoms in total. The molecular formula is C10H11ClF3NO3S. The van der Waals surface area contributed by atoms with Gasteiger partial charge in [0.15, 0.2) is 0 Å². The predicted octanol–water partition coefficient (Wildman–Crippen LogP) is 2.96. The number of anilines is 1. The number of alkyl halides is 4. The molecule has 0 saturated carbocycles. The summed E-state index contributed by atoms with van der Waals surface area (Å²) in [5, 5.41) is 0. The Hall–Kier alpha value is -1.15. The summed E-state index contributed by atoms with van der Waals surface area (Å²) in [5.74, 6) is -0.368. The molecule has 0 aliphatic carbocycles. The van der Waals surface area contributed by atoms with Crippen molar-refractivity contribution >= 4 is 27.3 Å². The topological polar surface area (TPSA) is 55.4 Å². The average Bonchev–Trinajstić information content (AvgIpc) is 2.27. The van der Waals surface area contributed by atoms with Crippen LogP contribution in [0.15, 0.2) is 24.3 Å². The van der Waals surface area contributed by atoms with Gasteiger partial charge in [-0.05, 0) is 30.7 Å². The van der Waals surface area contributed by atoms with Gasteiger partial charge in [-0.3, -0.25) is 4.72 Å². The van der Waals surface area contributed by atoms with Crippen LogP contribution in [0.25, 0.3) is 0 Å². The SMILES string of the molecule is O=S(=O)(CCCCl)Nc1ccc(OC(F)(F)F)cc1. The highest BCUT2D eigenvalue weighted by Crippen LogP contribution is 2.24. The molecule has 0 aliphatic rings. The molecule has 0 amide bonds. The molecule has 1 aromatic rings. The van der Waals surface area contributed by atoms with Crippen LogP contribution in [-0.4, -0.2) is 26.4 Å². The zero-order valence-corrected chi connectivity index (χ0v) is 11.1. The first-order valence-electron chi connectivity index (χ1n) is 5.14. The molecule has 1 rings (SSSR count). The van der Waals surface area contributed by atoms with Crippen LogP contribution in [0.5, 0.6) is 5.75 Å². The van der Waals surface area contributed by atoms with Crippen molar-refractivity contribution in [3.8, 4) is 5.75 Å². The third-order valence-electron chi connectivity index (χ3n) is 1.91. The average molecular weight is 318 g/mol. The molecule has 19 heavy (non-hydrogen) atoms. The first kappa shape index (κ1) is 15.9. The summed E-state index contributed by atoms with van der Waals surface area (Å²) in [7, 11) is -3.54. The van der Waals surface area contributed by atoms with Crippen molar-refractivity contribution in [2.75, 3.05) is 16.4 Å². The van der Waals surface area contributed by atoms with Gasteiger partial charge in [0.25, 0.3) is 0 Å². The Morgan fingerprint density at radius 1 is 1.21 bits per heavy atom. The van der Waals surface area contributed by atoms with Crippen molar-refractivity contribution in [2.24, 2.45) is 0 Å². The van der Waals surface area contributed by atoms with E-state index in [1.807, 2.05) is 0 Å². The maximum absolute atomic E-state index is 11.9. The van der Waals surface area contributed by atoms with Gasteiger partial charge in [-0.15, -0.1) is 24.8 Å². The van der Waals surface area contributed by atoms with Gasteiger partial charge in [0.05, 0.1) is 5.75 Å². The van der Waals surface area contributed by atoms with Crippen LogP contribution < -0.4 is 9.46 Å². The molecule has 0 aliphatic heterocycles. The normalized spacial score (nSPS) is 12.2. The van der Waals surface area contributed by atoms with Crippen molar-refractivity contribution in [3.63, 3.8) is 0 Å². The zero-order chi connectivity index (χ0) is 14.5. The lowest BCUT2D eigenvalue weighted by molar-refractivity contribution is -0.274. The molecule has 0 unspecified atom stereocenters. The summed E-state index contributed by atoms with van der Waals surface area (Å²) in [4.78, 5) is 0. The van der Waals surface area contributed by atoms with Gasteiger partial charge in [0.1, 0.15) is 5.75 Å². The molecule has 0 aromatic heterocycles. The van der Waals surface area contributed by atoms with Gasteiger partial charge in [-0.1, -0.05) is 0 Å². The van der Waals surface area contributed by atoms with E-state index in [1.165, 1.54) is 12.1 Å². The number of sulfonamides is 1. The third kappa shape index (κ3) is 6.53. The zero-order valence-electron chi connectivity index (χ0n) is 9.58. The monoisotopic (exact) mass is 317 g/mol. The molecule has 0 bridgehead atoms. The second-order valence-electron chi connectivity index (χ2n) is 3.54. The Morgan fingerprint density at radius 2 is 1.79 bits per heavy atom. The van der Waals surface area contributed by atoms with Crippen LogP contribution in [0.3, 0.4) is 0 Å². The van der Waals surface area contributed by atoms with E-state index in [1.54, 1.807) is 0 Å². The lowest BCUT2D eigenvalue weighted by Gasteiger charge is -2.10. The second-order valence-corrected chi connectivity index (χ2v) is 5.76. The molecule has 0 saturated heterocycles. The molecule has 9 heteroatoms. The van der Waals surface area contributed by atoms with Crippen LogP contribution in [0.2, 0.25) is 0 Å². The fourth-order valence-electron chi connectivity index (χ4n) is 1.20. The Morgan fingerprint density at radius 3 is 2.26 bits per heavy atom. The number of nitrogens with one attached hydrogen (secondary N) is 1. The fourth-order valence-corrected chi connectivity index (χ4v) is 2.61. The summed E-state index contributed by atoms with van der Waals surface area (Å²) in [6, 6.07) is 4.40. The summed E-state index contributed by atoms with van der Waals surface area (Å²) in [5.41, 5.74) is 0.157. The van der Waals surface area contributed by atoms with E-state index in [2.05, 4.69) is 9.46 Å². The minimum atomic E-state index is -4.78. The maximum atomic E-state index is 11.9. The van der Waals surface area contributed by atoms with Crippen LogP contribution in [0.4, 0.5) is 18.9 Å². The molecule has 0 fully saturated rings. The summed E-state index contributed by atoms with van der Waals surface area (Å²) >= 11 is 5.38. The maximum Gasteiger partial charge on any atom is 0.573 e. The van der Waals surface area contributed by atoms with Crippen molar-refractivity contribution < 1.29 is 26.3 Å². The van der Waals surface area contributed by atoms with Crippen LogP contribution >= 0.6 is 11.6 Å². The third-order valence-corrected chi connectivity index (χ3v) is 3.55. The largest absolute Gasteiger partial charge is 0.573 e. The van der Waals surface area contributed by atoms with Crippen LogP contribution in [0.1, 0.15) is 6.42 Å². The van der Waals surface area contributed by atoms with Gasteiger partial charge in [0, 0.05) is 11.6 Å². The second kappa shape index (κ2) is 6.33. The van der Waals surface area contributed by atoms with E-state index in [4.69, 9.17) is 11.6 Å². The van der Waals surface area contributed by atoms with Crippen LogP contribution in [-0.2, 0) is 10.0 Å². The molecule has 0 atom stereocenters. The summed E-state index contributed by atoms with van der Waals surface area (Å²) in [6.07, 6.45) is -4.49. The number of hydrogen-bond donors (Lipinski definition) is 1. The lowest BCUT2D eigenvalue weighted by atomic mass is 10.3. The standard InChI is InChI=1S/C10H11ClF3NO3S/c11-6-1-7-19(16,17)15-8-2-4-9(5-3-8)18-10(12,13)14/h2-5,15H,1,6-7H2. The van der Waals surface area contributed by atoms with E-state index >= 15 is 0 Å². The number of benzene rings is 1. The Balaban J connectivity index is 2.67. The highest BCUT2D eigenvalue weighted by molar-refractivity contribution is 7.92. The van der Waals surface area contributed by atoms with Gasteiger partial charge < -0.3 is 4.74 Å². The first-order chi connectivity index (χ1) is 8.72. The highest BCUT2D eigenvalue weighted by Gasteiger charge is 2.30. The number of halogens is 4. The van der Waals surface area contributed by atoms with E-state index in [9.17, 15) is 21.6 Å². The number of rotatable bonds is 6. The fraction of sp³-hybridized carbons (Fsp3) is 0.400. The molecule has 1 aromatic carbocycles. The molecule has 1 N–H and O–H groups in total. The van der Waals surface area contributed by atoms with Gasteiger partial charge >= 0.3 is 6.36 Å². The first-order valence-corrected chi connectivity index (χ1v) is 7.33. The Labute approximate surface area is 113 Å². The van der Waals surface area contributed by atoms with E-state index < -0.39 is 22.1 Å². The Bertz CT molecular complexity index is 502. The Kier molecular flexibility index (Phi) is 5.30. The van der Waals surface area contributed by atoms with E-state index in [0.717, 1.165) is 12.1 Å².